The van der Waals surface area contributed by atoms with Crippen molar-refractivity contribution in [1.29, 1.82) is 0 Å². The molecule has 0 radical (unpaired) electrons. The third-order valence-electron chi connectivity index (χ3n) is 3.88. The predicted octanol–water partition coefficient (Wildman–Crippen LogP) is 3.86. The minimum atomic E-state index is -4.43. The van der Waals surface area contributed by atoms with Crippen molar-refractivity contribution in [3.05, 3.63) is 44.9 Å². The highest BCUT2D eigenvalue weighted by Gasteiger charge is 2.33. The number of hydrogen-bond donors (Lipinski definition) is 3. The summed E-state index contributed by atoms with van der Waals surface area (Å²) in [5.41, 5.74) is 0.580. The van der Waals surface area contributed by atoms with Crippen molar-refractivity contribution < 1.29 is 18.0 Å². The van der Waals surface area contributed by atoms with Crippen molar-refractivity contribution in [2.24, 2.45) is 4.99 Å². The van der Waals surface area contributed by atoms with Crippen LogP contribution in [0.5, 0.6) is 0 Å². The van der Waals surface area contributed by atoms with Crippen molar-refractivity contribution in [3.8, 4) is 0 Å². The molecular weight excluding hydrogens is 427 g/mol. The van der Waals surface area contributed by atoms with Gasteiger partial charge in [0, 0.05) is 49.1 Å². The molecule has 11 heteroatoms. The molecule has 0 aliphatic rings. The van der Waals surface area contributed by atoms with E-state index in [1.54, 1.807) is 25.2 Å². The van der Waals surface area contributed by atoms with Crippen LogP contribution >= 0.6 is 22.9 Å². The van der Waals surface area contributed by atoms with Crippen LogP contribution in [-0.4, -0.2) is 37.0 Å². The van der Waals surface area contributed by atoms with E-state index in [0.717, 1.165) is 22.3 Å². The lowest BCUT2D eigenvalue weighted by Gasteiger charge is -2.12. The molecule has 2 rings (SSSR count). The Kier molecular flexibility index (Phi) is 8.27. The summed E-state index contributed by atoms with van der Waals surface area (Å²) >= 11 is 7.00. The zero-order valence-corrected chi connectivity index (χ0v) is 17.4. The first-order chi connectivity index (χ1) is 13.7. The number of nitrogens with zero attached hydrogens (tertiary/aromatic N) is 2. The highest BCUT2D eigenvalue weighted by atomic mass is 35.5. The van der Waals surface area contributed by atoms with E-state index >= 15 is 0 Å². The number of guanidine groups is 1. The quantitative estimate of drug-likeness (QED) is 0.445. The first kappa shape index (κ1) is 23.0. The van der Waals surface area contributed by atoms with Gasteiger partial charge in [-0.3, -0.25) is 9.79 Å². The standard InChI is InChI=1S/C18H21ClF3N5OS/c1-11-12(19)4-3-5-13(11)26-15(28)6-8-24-17(23-2)25-9-7-16-27-14(10-29-16)18(20,21)22/h3-5,10H,6-9H2,1-2H3,(H,26,28)(H2,23,24,25). The van der Waals surface area contributed by atoms with E-state index in [4.69, 9.17) is 11.6 Å². The van der Waals surface area contributed by atoms with Gasteiger partial charge in [0.25, 0.3) is 0 Å². The smallest absolute Gasteiger partial charge is 0.356 e. The number of alkyl halides is 3. The number of rotatable bonds is 7. The fourth-order valence-corrected chi connectivity index (χ4v) is 3.29. The normalized spacial score (nSPS) is 12.0. The van der Waals surface area contributed by atoms with Crippen LogP contribution in [0.15, 0.2) is 28.6 Å². The summed E-state index contributed by atoms with van der Waals surface area (Å²) in [7, 11) is 1.57. The number of thiazole rings is 1. The van der Waals surface area contributed by atoms with Crippen molar-refractivity contribution >= 4 is 40.5 Å². The summed E-state index contributed by atoms with van der Waals surface area (Å²) in [4.78, 5) is 19.7. The van der Waals surface area contributed by atoms with E-state index in [1.807, 2.05) is 6.92 Å². The van der Waals surface area contributed by atoms with E-state index in [9.17, 15) is 18.0 Å². The van der Waals surface area contributed by atoms with Crippen LogP contribution in [0.3, 0.4) is 0 Å². The molecule has 6 nitrogen and oxygen atoms in total. The zero-order chi connectivity index (χ0) is 21.4. The number of nitrogens with one attached hydrogen (secondary N) is 3. The minimum Gasteiger partial charge on any atom is -0.356 e. The highest BCUT2D eigenvalue weighted by Crippen LogP contribution is 2.30. The predicted molar refractivity (Wildman–Crippen MR) is 110 cm³/mol. The van der Waals surface area contributed by atoms with Gasteiger partial charge in [0.1, 0.15) is 0 Å². The van der Waals surface area contributed by atoms with Crippen molar-refractivity contribution in [2.45, 2.75) is 25.9 Å². The Labute approximate surface area is 175 Å². The van der Waals surface area contributed by atoms with Gasteiger partial charge in [-0.25, -0.2) is 4.98 Å². The van der Waals surface area contributed by atoms with Crippen LogP contribution in [0.25, 0.3) is 0 Å². The zero-order valence-electron chi connectivity index (χ0n) is 15.9. The number of halogens is 4. The average molecular weight is 448 g/mol. The van der Waals surface area contributed by atoms with Gasteiger partial charge in [-0.1, -0.05) is 17.7 Å². The third-order valence-corrected chi connectivity index (χ3v) is 5.20. The number of carbonyl (C=O) groups excluding carboxylic acids is 1. The summed E-state index contributed by atoms with van der Waals surface area (Å²) in [5, 5.41) is 10.7. The summed E-state index contributed by atoms with van der Waals surface area (Å²) in [5.74, 6) is 0.269. The SMILES string of the molecule is CN=C(NCCC(=O)Nc1cccc(Cl)c1C)NCCc1nc(C(F)(F)F)cs1. The molecule has 0 saturated heterocycles. The number of anilines is 1. The van der Waals surface area contributed by atoms with E-state index in [-0.39, 0.29) is 12.3 Å². The second-order valence-electron chi connectivity index (χ2n) is 6.01. The Morgan fingerprint density at radius 3 is 2.66 bits per heavy atom. The molecule has 1 amide bonds. The monoisotopic (exact) mass is 447 g/mol. The Morgan fingerprint density at radius 1 is 1.28 bits per heavy atom. The number of carbonyl (C=O) groups is 1. The first-order valence-electron chi connectivity index (χ1n) is 8.71. The molecule has 1 aromatic heterocycles. The molecule has 0 bridgehead atoms. The number of benzene rings is 1. The number of aromatic nitrogens is 1. The molecule has 158 valence electrons. The Bertz CT molecular complexity index is 869. The molecule has 0 atom stereocenters. The maximum Gasteiger partial charge on any atom is 0.434 e. The summed E-state index contributed by atoms with van der Waals surface area (Å²) in [6.07, 6.45) is -3.89. The van der Waals surface area contributed by atoms with Crippen LogP contribution in [0.1, 0.15) is 22.7 Å². The van der Waals surface area contributed by atoms with Gasteiger partial charge < -0.3 is 16.0 Å². The van der Waals surface area contributed by atoms with Gasteiger partial charge in [-0.05, 0) is 24.6 Å². The highest BCUT2D eigenvalue weighted by molar-refractivity contribution is 7.09. The maximum absolute atomic E-state index is 12.6. The molecule has 1 heterocycles. The molecule has 1 aromatic carbocycles. The van der Waals surface area contributed by atoms with Crippen LogP contribution < -0.4 is 16.0 Å². The van der Waals surface area contributed by atoms with Crippen molar-refractivity contribution in [2.75, 3.05) is 25.5 Å². The lowest BCUT2D eigenvalue weighted by atomic mass is 10.2. The van der Waals surface area contributed by atoms with Gasteiger partial charge in [-0.15, -0.1) is 11.3 Å². The Balaban J connectivity index is 1.71. The second kappa shape index (κ2) is 10.4. The summed E-state index contributed by atoms with van der Waals surface area (Å²) < 4.78 is 37.7. The number of amides is 1. The molecule has 3 N–H and O–H groups in total. The molecule has 0 fully saturated rings. The van der Waals surface area contributed by atoms with Crippen molar-refractivity contribution in [1.82, 2.24) is 15.6 Å². The largest absolute Gasteiger partial charge is 0.434 e. The molecular formula is C18H21ClF3N5OS. The summed E-state index contributed by atoms with van der Waals surface area (Å²) in [6, 6.07) is 5.28. The first-order valence-corrected chi connectivity index (χ1v) is 9.97. The molecule has 0 aliphatic carbocycles. The van der Waals surface area contributed by atoms with Crippen LogP contribution in [0, 0.1) is 6.92 Å². The van der Waals surface area contributed by atoms with Gasteiger partial charge in [0.2, 0.25) is 5.91 Å². The molecule has 0 spiro atoms. The maximum atomic E-state index is 12.6. The molecule has 0 saturated carbocycles. The van der Waals surface area contributed by atoms with E-state index < -0.39 is 11.9 Å². The lowest BCUT2D eigenvalue weighted by molar-refractivity contribution is -0.140. The molecule has 0 unspecified atom stereocenters. The molecule has 29 heavy (non-hydrogen) atoms. The van der Waals surface area contributed by atoms with E-state index in [2.05, 4.69) is 25.9 Å². The minimum absolute atomic E-state index is 0.180. The number of aliphatic imine (C=N–C) groups is 1. The Hall–Kier alpha value is -2.33. The second-order valence-corrected chi connectivity index (χ2v) is 7.36. The molecule has 0 aliphatic heterocycles. The van der Waals surface area contributed by atoms with Crippen LogP contribution in [-0.2, 0) is 17.4 Å². The van der Waals surface area contributed by atoms with Gasteiger partial charge in [-0.2, -0.15) is 13.2 Å². The lowest BCUT2D eigenvalue weighted by Crippen LogP contribution is -2.39. The average Bonchev–Trinajstić information content (AvgIpc) is 3.13. The Morgan fingerprint density at radius 2 is 2.00 bits per heavy atom. The van der Waals surface area contributed by atoms with Gasteiger partial charge in [0.15, 0.2) is 11.7 Å². The van der Waals surface area contributed by atoms with Gasteiger partial charge >= 0.3 is 6.18 Å². The number of hydrogen-bond acceptors (Lipinski definition) is 4. The van der Waals surface area contributed by atoms with Crippen LogP contribution in [0.4, 0.5) is 18.9 Å². The van der Waals surface area contributed by atoms with Gasteiger partial charge in [0.05, 0.1) is 5.01 Å². The molecule has 2 aromatic rings. The summed E-state index contributed by atoms with van der Waals surface area (Å²) in [6.45, 7) is 2.51. The fourth-order valence-electron chi connectivity index (χ4n) is 2.31. The fraction of sp³-hybridized carbons (Fsp3) is 0.389. The van der Waals surface area contributed by atoms with Crippen LogP contribution in [0.2, 0.25) is 5.02 Å². The van der Waals surface area contributed by atoms with Crippen molar-refractivity contribution in [3.63, 3.8) is 0 Å². The van der Waals surface area contributed by atoms with E-state index in [0.29, 0.717) is 41.2 Å². The van der Waals surface area contributed by atoms with E-state index in [1.165, 1.54) is 0 Å². The third kappa shape index (κ3) is 7.21. The topological polar surface area (TPSA) is 78.4 Å².